The van der Waals surface area contributed by atoms with Crippen LogP contribution < -0.4 is 16.4 Å². The summed E-state index contributed by atoms with van der Waals surface area (Å²) >= 11 is 0. The Balaban J connectivity index is 2.09. The Morgan fingerprint density at radius 2 is 2.53 bits per heavy atom. The third-order valence-corrected chi connectivity index (χ3v) is 3.13. The fourth-order valence-electron chi connectivity index (χ4n) is 2.13. The molecule has 1 aromatic rings. The second-order valence-corrected chi connectivity index (χ2v) is 4.46. The number of aromatic nitrogens is 1. The predicted molar refractivity (Wildman–Crippen MR) is 67.0 cm³/mol. The highest BCUT2D eigenvalue weighted by Gasteiger charge is 2.17. The third-order valence-electron chi connectivity index (χ3n) is 3.13. The molecule has 0 aromatic carbocycles. The van der Waals surface area contributed by atoms with Crippen LogP contribution in [0.15, 0.2) is 12.3 Å². The van der Waals surface area contributed by atoms with Crippen molar-refractivity contribution >= 4 is 11.7 Å². The summed E-state index contributed by atoms with van der Waals surface area (Å²) in [6, 6.07) is 1.79. The van der Waals surface area contributed by atoms with Crippen LogP contribution >= 0.6 is 0 Å². The van der Waals surface area contributed by atoms with Crippen LogP contribution in [0.4, 0.5) is 5.82 Å². The van der Waals surface area contributed by atoms with Gasteiger partial charge in [-0.05, 0) is 44.0 Å². The number of amides is 1. The molecule has 1 aromatic heterocycles. The lowest BCUT2D eigenvalue weighted by atomic mass is 10.1. The summed E-state index contributed by atoms with van der Waals surface area (Å²) in [5.74, 6) is 0.769. The second kappa shape index (κ2) is 5.14. The third kappa shape index (κ3) is 2.74. The molecule has 1 aliphatic heterocycles. The first-order chi connectivity index (χ1) is 8.18. The van der Waals surface area contributed by atoms with Crippen molar-refractivity contribution in [2.45, 2.75) is 13.3 Å². The van der Waals surface area contributed by atoms with Crippen LogP contribution in [0.1, 0.15) is 22.3 Å². The monoisotopic (exact) mass is 234 g/mol. The zero-order valence-electron chi connectivity index (χ0n) is 9.99. The highest BCUT2D eigenvalue weighted by atomic mass is 16.1. The van der Waals surface area contributed by atoms with Gasteiger partial charge < -0.3 is 16.4 Å². The van der Waals surface area contributed by atoms with Gasteiger partial charge in [0.15, 0.2) is 0 Å². The number of rotatable bonds is 4. The number of pyridine rings is 1. The number of primary amides is 1. The first-order valence-electron chi connectivity index (χ1n) is 5.88. The minimum atomic E-state index is -0.428. The van der Waals surface area contributed by atoms with Gasteiger partial charge in [0.05, 0.1) is 5.56 Å². The van der Waals surface area contributed by atoms with Crippen molar-refractivity contribution in [1.29, 1.82) is 0 Å². The molecule has 5 heteroatoms. The number of aryl methyl sites for hydroxylation is 1. The molecule has 2 heterocycles. The SMILES string of the molecule is Cc1ccnc(NCC2CCNC2)c1C(N)=O. The number of nitrogens with one attached hydrogen (secondary N) is 2. The largest absolute Gasteiger partial charge is 0.369 e. The molecule has 0 radical (unpaired) electrons. The van der Waals surface area contributed by atoms with E-state index in [1.165, 1.54) is 0 Å². The Bertz CT molecular complexity index is 413. The van der Waals surface area contributed by atoms with Crippen LogP contribution in [0.25, 0.3) is 0 Å². The number of hydrogen-bond donors (Lipinski definition) is 3. The Morgan fingerprint density at radius 3 is 3.18 bits per heavy atom. The Labute approximate surface area is 101 Å². The number of nitrogens with two attached hydrogens (primary N) is 1. The zero-order chi connectivity index (χ0) is 12.3. The molecular weight excluding hydrogens is 216 g/mol. The Kier molecular flexibility index (Phi) is 3.58. The second-order valence-electron chi connectivity index (χ2n) is 4.46. The lowest BCUT2D eigenvalue weighted by molar-refractivity contribution is 0.1000. The van der Waals surface area contributed by atoms with E-state index in [9.17, 15) is 4.79 Å². The summed E-state index contributed by atoms with van der Waals surface area (Å²) in [6.45, 7) is 4.77. The fraction of sp³-hybridized carbons (Fsp3) is 0.500. The predicted octanol–water partition coefficient (Wildman–Crippen LogP) is 0.510. The topological polar surface area (TPSA) is 80.0 Å². The highest BCUT2D eigenvalue weighted by Crippen LogP contribution is 2.17. The van der Waals surface area contributed by atoms with E-state index < -0.39 is 5.91 Å². The normalized spacial score (nSPS) is 19.2. The summed E-state index contributed by atoms with van der Waals surface area (Å²) in [5, 5.41) is 6.53. The number of carbonyl (C=O) groups is 1. The summed E-state index contributed by atoms with van der Waals surface area (Å²) in [7, 11) is 0. The maximum absolute atomic E-state index is 11.4. The van der Waals surface area contributed by atoms with Crippen molar-refractivity contribution in [3.63, 3.8) is 0 Å². The van der Waals surface area contributed by atoms with Gasteiger partial charge in [0.1, 0.15) is 5.82 Å². The van der Waals surface area contributed by atoms with Gasteiger partial charge >= 0.3 is 0 Å². The molecule has 5 nitrogen and oxygen atoms in total. The molecular formula is C12H18N4O. The maximum atomic E-state index is 11.4. The molecule has 17 heavy (non-hydrogen) atoms. The molecule has 1 saturated heterocycles. The number of hydrogen-bond acceptors (Lipinski definition) is 4. The Morgan fingerprint density at radius 1 is 1.71 bits per heavy atom. The van der Waals surface area contributed by atoms with E-state index in [0.29, 0.717) is 17.3 Å². The number of nitrogens with zero attached hydrogens (tertiary/aromatic N) is 1. The fourth-order valence-corrected chi connectivity index (χ4v) is 2.13. The molecule has 2 rings (SSSR count). The maximum Gasteiger partial charge on any atom is 0.252 e. The van der Waals surface area contributed by atoms with E-state index in [4.69, 9.17) is 5.73 Å². The van der Waals surface area contributed by atoms with Crippen LogP contribution in [0.5, 0.6) is 0 Å². The van der Waals surface area contributed by atoms with E-state index in [-0.39, 0.29) is 0 Å². The van der Waals surface area contributed by atoms with Crippen molar-refractivity contribution in [3.05, 3.63) is 23.4 Å². The molecule has 0 saturated carbocycles. The smallest absolute Gasteiger partial charge is 0.252 e. The summed E-state index contributed by atoms with van der Waals surface area (Å²) in [4.78, 5) is 15.6. The summed E-state index contributed by atoms with van der Waals surface area (Å²) < 4.78 is 0. The summed E-state index contributed by atoms with van der Waals surface area (Å²) in [6.07, 6.45) is 2.85. The van der Waals surface area contributed by atoms with Gasteiger partial charge in [-0.1, -0.05) is 0 Å². The van der Waals surface area contributed by atoms with Gasteiger partial charge in [-0.15, -0.1) is 0 Å². The van der Waals surface area contributed by atoms with E-state index >= 15 is 0 Å². The lowest BCUT2D eigenvalue weighted by Gasteiger charge is -2.13. The zero-order valence-corrected chi connectivity index (χ0v) is 9.99. The number of carbonyl (C=O) groups excluding carboxylic acids is 1. The molecule has 1 fully saturated rings. The van der Waals surface area contributed by atoms with Crippen molar-refractivity contribution in [2.75, 3.05) is 25.0 Å². The molecule has 1 amide bonds. The van der Waals surface area contributed by atoms with Crippen molar-refractivity contribution < 1.29 is 4.79 Å². The minimum absolute atomic E-state index is 0.428. The molecule has 1 aliphatic rings. The molecule has 1 unspecified atom stereocenters. The van der Waals surface area contributed by atoms with Crippen LogP contribution in [-0.4, -0.2) is 30.5 Å². The lowest BCUT2D eigenvalue weighted by Crippen LogP contribution is -2.21. The first-order valence-corrected chi connectivity index (χ1v) is 5.88. The van der Waals surface area contributed by atoms with Crippen LogP contribution in [0.3, 0.4) is 0 Å². The average Bonchev–Trinajstić information content (AvgIpc) is 2.78. The Hall–Kier alpha value is -1.62. The van der Waals surface area contributed by atoms with Crippen molar-refractivity contribution in [3.8, 4) is 0 Å². The molecule has 0 aliphatic carbocycles. The van der Waals surface area contributed by atoms with Gasteiger partial charge in [-0.25, -0.2) is 4.98 Å². The van der Waals surface area contributed by atoms with Crippen molar-refractivity contribution in [1.82, 2.24) is 10.3 Å². The van der Waals surface area contributed by atoms with Crippen LogP contribution in [0.2, 0.25) is 0 Å². The first kappa shape index (κ1) is 11.9. The van der Waals surface area contributed by atoms with Gasteiger partial charge in [-0.2, -0.15) is 0 Å². The van der Waals surface area contributed by atoms with E-state index in [0.717, 1.165) is 31.6 Å². The standard InChI is InChI=1S/C12H18N4O/c1-8-2-5-15-12(10(8)11(13)17)16-7-9-3-4-14-6-9/h2,5,9,14H,3-4,6-7H2,1H3,(H2,13,17)(H,15,16). The number of anilines is 1. The van der Waals surface area contributed by atoms with Gasteiger partial charge in [-0.3, -0.25) is 4.79 Å². The van der Waals surface area contributed by atoms with Crippen LogP contribution in [0, 0.1) is 12.8 Å². The molecule has 4 N–H and O–H groups in total. The minimum Gasteiger partial charge on any atom is -0.369 e. The molecule has 0 spiro atoms. The van der Waals surface area contributed by atoms with Crippen LogP contribution in [-0.2, 0) is 0 Å². The van der Waals surface area contributed by atoms with Gasteiger partial charge in [0, 0.05) is 12.7 Å². The van der Waals surface area contributed by atoms with Gasteiger partial charge in [0.25, 0.3) is 5.91 Å². The van der Waals surface area contributed by atoms with E-state index in [1.807, 2.05) is 6.92 Å². The van der Waals surface area contributed by atoms with Gasteiger partial charge in [0.2, 0.25) is 0 Å². The van der Waals surface area contributed by atoms with Crippen molar-refractivity contribution in [2.24, 2.45) is 11.7 Å². The van der Waals surface area contributed by atoms with E-state index in [1.54, 1.807) is 12.3 Å². The molecule has 92 valence electrons. The average molecular weight is 234 g/mol. The highest BCUT2D eigenvalue weighted by molar-refractivity contribution is 5.98. The van der Waals surface area contributed by atoms with E-state index in [2.05, 4.69) is 15.6 Å². The quantitative estimate of drug-likeness (QED) is 0.709. The molecule has 1 atom stereocenters. The summed E-state index contributed by atoms with van der Waals surface area (Å²) in [5.41, 5.74) is 6.73. The molecule has 0 bridgehead atoms.